The molecule has 3 N–H and O–H groups in total. The molecule has 16 heteroatoms. The van der Waals surface area contributed by atoms with Gasteiger partial charge in [0.2, 0.25) is 11.8 Å². The van der Waals surface area contributed by atoms with Gasteiger partial charge in [0, 0.05) is 62.4 Å². The highest BCUT2D eigenvalue weighted by Crippen LogP contribution is 2.39. The SMILES string of the molecule is CC(=O)O[C@H](C[C@H](C(C)C)N(C)C(=O)[C@@H](NC(=O)[C@H]1COCCN1C)[C@@H](C)C1CC1)c1nc(C(=O)N[C@@H](Cc2nccs2)C[C@H](C)C(=O)O)cs1. The zero-order valence-corrected chi connectivity index (χ0v) is 32.1. The molecule has 1 aliphatic carbocycles. The third kappa shape index (κ3) is 11.3. The summed E-state index contributed by atoms with van der Waals surface area (Å²) in [5.74, 6) is -2.92. The molecule has 3 heterocycles. The highest BCUT2D eigenvalue weighted by atomic mass is 32.1. The summed E-state index contributed by atoms with van der Waals surface area (Å²) in [7, 11) is 3.59. The van der Waals surface area contributed by atoms with Crippen LogP contribution in [0.3, 0.4) is 0 Å². The van der Waals surface area contributed by atoms with Gasteiger partial charge in [0.15, 0.2) is 6.10 Å². The summed E-state index contributed by atoms with van der Waals surface area (Å²) in [6.45, 7) is 10.3. The van der Waals surface area contributed by atoms with Gasteiger partial charge in [-0.05, 0) is 44.1 Å². The Morgan fingerprint density at radius 2 is 1.84 bits per heavy atom. The van der Waals surface area contributed by atoms with Crippen molar-refractivity contribution in [1.82, 2.24) is 30.4 Å². The number of nitrogens with zero attached hydrogens (tertiary/aromatic N) is 4. The van der Waals surface area contributed by atoms with Gasteiger partial charge in [0.05, 0.1) is 24.1 Å². The summed E-state index contributed by atoms with van der Waals surface area (Å²) < 4.78 is 11.3. The molecule has 0 radical (unpaired) electrons. The molecule has 0 bridgehead atoms. The van der Waals surface area contributed by atoms with E-state index in [9.17, 15) is 29.1 Å². The molecule has 282 valence electrons. The van der Waals surface area contributed by atoms with Crippen LogP contribution in [0.25, 0.3) is 0 Å². The molecule has 7 atom stereocenters. The van der Waals surface area contributed by atoms with Crippen molar-refractivity contribution in [2.75, 3.05) is 33.9 Å². The van der Waals surface area contributed by atoms with Crippen molar-refractivity contribution >= 4 is 52.3 Å². The standard InChI is InChI=1S/C35H52N6O8S2/c1-19(2)26(41(7)34(45)30(21(4)23-8-9-23)39-32(44)27-17-48-12-11-40(27)6)16-28(49-22(5)42)33-38-25(18-51-33)31(43)37-24(14-20(3)35(46)47)15-29-36-10-13-50-29/h10,13,18-21,23-24,26-28,30H,8-9,11-12,14-17H2,1-7H3,(H,37,43)(H,39,44)(H,46,47)/t20-,21-,24+,26+,27+,28+,30-/m0/s1. The fraction of sp³-hybridized carbons (Fsp3) is 0.686. The number of aromatic nitrogens is 2. The number of esters is 1. The van der Waals surface area contributed by atoms with Gasteiger partial charge in [-0.1, -0.05) is 27.7 Å². The van der Waals surface area contributed by atoms with E-state index < -0.39 is 54.0 Å². The molecule has 0 unspecified atom stereocenters. The first-order chi connectivity index (χ1) is 24.2. The van der Waals surface area contributed by atoms with Crippen molar-refractivity contribution < 1.29 is 38.6 Å². The maximum Gasteiger partial charge on any atom is 0.306 e. The van der Waals surface area contributed by atoms with Crippen LogP contribution >= 0.6 is 22.7 Å². The molecule has 0 spiro atoms. The number of aliphatic carboxylic acids is 1. The van der Waals surface area contributed by atoms with Crippen molar-refractivity contribution in [3.05, 3.63) is 32.7 Å². The fourth-order valence-corrected chi connectivity index (χ4v) is 8.03. The molecular weight excluding hydrogens is 697 g/mol. The second-order valence-electron chi connectivity index (χ2n) is 14.2. The van der Waals surface area contributed by atoms with Gasteiger partial charge < -0.3 is 30.1 Å². The number of hydrogen-bond donors (Lipinski definition) is 3. The van der Waals surface area contributed by atoms with E-state index in [-0.39, 0.29) is 48.8 Å². The summed E-state index contributed by atoms with van der Waals surface area (Å²) >= 11 is 2.60. The number of carbonyl (C=O) groups is 5. The number of ether oxygens (including phenoxy) is 2. The van der Waals surface area contributed by atoms with E-state index in [4.69, 9.17) is 9.47 Å². The van der Waals surface area contributed by atoms with Gasteiger partial charge in [0.1, 0.15) is 22.8 Å². The highest BCUT2D eigenvalue weighted by molar-refractivity contribution is 7.10. The maximum atomic E-state index is 14.3. The van der Waals surface area contributed by atoms with Crippen molar-refractivity contribution in [3.63, 3.8) is 0 Å². The van der Waals surface area contributed by atoms with Crippen LogP contribution in [0.1, 0.15) is 86.9 Å². The number of likely N-dealkylation sites (N-methyl/N-ethyl adjacent to an activating group) is 2. The van der Waals surface area contributed by atoms with Crippen LogP contribution in [0.2, 0.25) is 0 Å². The Morgan fingerprint density at radius 1 is 1.12 bits per heavy atom. The predicted octanol–water partition coefficient (Wildman–Crippen LogP) is 3.39. The van der Waals surface area contributed by atoms with Crippen LogP contribution in [0.4, 0.5) is 0 Å². The van der Waals surface area contributed by atoms with E-state index in [1.165, 1.54) is 29.6 Å². The number of morpholine rings is 1. The van der Waals surface area contributed by atoms with Crippen LogP contribution in [0.15, 0.2) is 17.0 Å². The number of hydrogen-bond acceptors (Lipinski definition) is 12. The third-order valence-electron chi connectivity index (χ3n) is 9.86. The third-order valence-corrected chi connectivity index (χ3v) is 11.6. The minimum Gasteiger partial charge on any atom is -0.481 e. The molecule has 1 aliphatic heterocycles. The van der Waals surface area contributed by atoms with Gasteiger partial charge in [0.25, 0.3) is 5.91 Å². The van der Waals surface area contributed by atoms with Gasteiger partial charge in [-0.2, -0.15) is 0 Å². The first-order valence-corrected chi connectivity index (χ1v) is 19.3. The zero-order chi connectivity index (χ0) is 37.4. The Labute approximate surface area is 307 Å². The molecule has 3 amide bonds. The predicted molar refractivity (Wildman–Crippen MR) is 192 cm³/mol. The van der Waals surface area contributed by atoms with Crippen molar-refractivity contribution in [2.24, 2.45) is 23.7 Å². The highest BCUT2D eigenvalue weighted by Gasteiger charge is 2.42. The van der Waals surface area contributed by atoms with E-state index in [2.05, 4.69) is 20.6 Å². The molecular formula is C35H52N6O8S2. The number of carbonyl (C=O) groups excluding carboxylic acids is 4. The number of rotatable bonds is 18. The van der Waals surface area contributed by atoms with Crippen LogP contribution in [-0.4, -0.2) is 113 Å². The van der Waals surface area contributed by atoms with Crippen molar-refractivity contribution in [3.8, 4) is 0 Å². The minimum absolute atomic E-state index is 0.0620. The topological polar surface area (TPSA) is 180 Å². The Morgan fingerprint density at radius 3 is 2.43 bits per heavy atom. The second-order valence-corrected chi connectivity index (χ2v) is 16.1. The minimum atomic E-state index is -0.959. The normalized spacial score (nSPS) is 20.0. The first-order valence-electron chi connectivity index (χ1n) is 17.6. The van der Waals surface area contributed by atoms with Crippen LogP contribution in [-0.2, 0) is 35.1 Å². The molecule has 51 heavy (non-hydrogen) atoms. The Hall–Kier alpha value is -3.47. The largest absolute Gasteiger partial charge is 0.481 e. The summed E-state index contributed by atoms with van der Waals surface area (Å²) in [6, 6.07) is -2.13. The Bertz CT molecular complexity index is 1500. The van der Waals surface area contributed by atoms with Crippen LogP contribution in [0.5, 0.6) is 0 Å². The van der Waals surface area contributed by atoms with E-state index in [0.717, 1.165) is 17.8 Å². The lowest BCUT2D eigenvalue weighted by Gasteiger charge is -2.38. The Balaban J connectivity index is 1.51. The van der Waals surface area contributed by atoms with E-state index in [1.807, 2.05) is 38.1 Å². The number of amides is 3. The molecule has 0 aromatic carbocycles. The number of thiazole rings is 2. The lowest BCUT2D eigenvalue weighted by atomic mass is 9.91. The van der Waals surface area contributed by atoms with Gasteiger partial charge in [-0.15, -0.1) is 22.7 Å². The summed E-state index contributed by atoms with van der Waals surface area (Å²) in [6.07, 6.45) is 3.61. The smallest absolute Gasteiger partial charge is 0.306 e. The van der Waals surface area contributed by atoms with Gasteiger partial charge >= 0.3 is 11.9 Å². The monoisotopic (exact) mass is 748 g/mol. The van der Waals surface area contributed by atoms with E-state index >= 15 is 0 Å². The van der Waals surface area contributed by atoms with Crippen molar-refractivity contribution in [1.29, 1.82) is 0 Å². The zero-order valence-electron chi connectivity index (χ0n) is 30.5. The van der Waals surface area contributed by atoms with Gasteiger partial charge in [-0.25, -0.2) is 9.97 Å². The molecule has 14 nitrogen and oxygen atoms in total. The van der Waals surface area contributed by atoms with Gasteiger partial charge in [-0.3, -0.25) is 28.9 Å². The molecule has 2 aromatic rings. The second kappa shape index (κ2) is 18.3. The van der Waals surface area contributed by atoms with Crippen LogP contribution in [0, 0.1) is 23.7 Å². The first kappa shape index (κ1) is 40.3. The molecule has 4 rings (SSSR count). The lowest BCUT2D eigenvalue weighted by molar-refractivity contribution is -0.149. The lowest BCUT2D eigenvalue weighted by Crippen LogP contribution is -2.59. The maximum absolute atomic E-state index is 14.3. The summed E-state index contributed by atoms with van der Waals surface area (Å²) in [5, 5.41) is 20.0. The van der Waals surface area contributed by atoms with E-state index in [1.54, 1.807) is 30.4 Å². The summed E-state index contributed by atoms with van der Waals surface area (Å²) in [4.78, 5) is 77.5. The molecule has 2 aromatic heterocycles. The number of nitrogens with one attached hydrogen (secondary N) is 2. The molecule has 2 fully saturated rings. The van der Waals surface area contributed by atoms with Crippen LogP contribution < -0.4 is 10.6 Å². The number of carboxylic acids is 1. The van der Waals surface area contributed by atoms with Crippen molar-refractivity contribution in [2.45, 2.75) is 97.0 Å². The quantitative estimate of drug-likeness (QED) is 0.190. The fourth-order valence-electron chi connectivity index (χ4n) is 6.49. The Kier molecular flexibility index (Phi) is 14.5. The average Bonchev–Trinajstić information content (AvgIpc) is 3.57. The molecule has 1 saturated carbocycles. The average molecular weight is 749 g/mol. The number of carboxylic acid groups (broad SMARTS) is 1. The summed E-state index contributed by atoms with van der Waals surface area (Å²) in [5.41, 5.74) is 0.113. The van der Waals surface area contributed by atoms with E-state index in [0.29, 0.717) is 30.5 Å². The molecule has 2 aliphatic rings. The molecule has 1 saturated heterocycles.